The van der Waals surface area contributed by atoms with Gasteiger partial charge in [0.2, 0.25) is 5.91 Å². The Kier molecular flexibility index (Phi) is 5.72. The van der Waals surface area contributed by atoms with Crippen molar-refractivity contribution < 1.29 is 9.59 Å². The van der Waals surface area contributed by atoms with Crippen LogP contribution >= 0.6 is 0 Å². The lowest BCUT2D eigenvalue weighted by Gasteiger charge is -2.13. The third kappa shape index (κ3) is 4.53. The van der Waals surface area contributed by atoms with Gasteiger partial charge in [-0.2, -0.15) is 0 Å². The fourth-order valence-corrected chi connectivity index (χ4v) is 1.41. The van der Waals surface area contributed by atoms with Crippen LogP contribution in [-0.4, -0.2) is 40.9 Å². The molecule has 1 atom stereocenters. The molecule has 1 rings (SSSR count). The number of amides is 2. The maximum Gasteiger partial charge on any atom is 0.272 e. The number of anilines is 1. The molecule has 7 nitrogen and oxygen atoms in total. The van der Waals surface area contributed by atoms with Crippen LogP contribution in [0.3, 0.4) is 0 Å². The number of carbonyl (C=O) groups excluding carboxylic acids is 2. The predicted molar refractivity (Wildman–Crippen MR) is 71.8 cm³/mol. The first-order valence-electron chi connectivity index (χ1n) is 6.23. The molecule has 2 amide bonds. The molecule has 0 aliphatic rings. The predicted octanol–water partition coefficient (Wildman–Crippen LogP) is 0.163. The summed E-state index contributed by atoms with van der Waals surface area (Å²) in [5.74, 6) is -0.126. The maximum absolute atomic E-state index is 11.9. The molecular weight excluding hydrogens is 246 g/mol. The number of carbonyl (C=O) groups is 2. The molecule has 0 spiro atoms. The third-order valence-electron chi connectivity index (χ3n) is 2.32. The fraction of sp³-hybridized carbons (Fsp3) is 0.500. The number of hydrogen-bond acceptors (Lipinski definition) is 5. The van der Waals surface area contributed by atoms with Crippen LogP contribution in [0.2, 0.25) is 0 Å². The van der Waals surface area contributed by atoms with Crippen molar-refractivity contribution in [1.29, 1.82) is 0 Å². The molecule has 0 bridgehead atoms. The Morgan fingerprint density at radius 1 is 1.26 bits per heavy atom. The van der Waals surface area contributed by atoms with Gasteiger partial charge in [-0.25, -0.2) is 4.98 Å². The summed E-state index contributed by atoms with van der Waals surface area (Å²) in [5.41, 5.74) is 0.176. The highest BCUT2D eigenvalue weighted by molar-refractivity contribution is 5.95. The Bertz CT molecular complexity index is 450. The van der Waals surface area contributed by atoms with Crippen LogP contribution in [0, 0.1) is 0 Å². The van der Waals surface area contributed by atoms with Crippen LogP contribution in [0.4, 0.5) is 5.82 Å². The summed E-state index contributed by atoms with van der Waals surface area (Å²) < 4.78 is 0. The highest BCUT2D eigenvalue weighted by Gasteiger charge is 2.17. The third-order valence-corrected chi connectivity index (χ3v) is 2.32. The van der Waals surface area contributed by atoms with E-state index < -0.39 is 11.9 Å². The fourth-order valence-electron chi connectivity index (χ4n) is 1.41. The van der Waals surface area contributed by atoms with Gasteiger partial charge in [-0.1, -0.05) is 0 Å². The molecule has 3 N–H and O–H groups in total. The standard InChI is InChI=1S/C12H19N5O2/c1-4-14-10-7-13-6-9(17-10)12(19)16-8(3)11(18)15-5-2/h6-8H,4-5H2,1-3H3,(H,14,17)(H,15,18)(H,16,19). The molecule has 7 heteroatoms. The monoisotopic (exact) mass is 265 g/mol. The minimum atomic E-state index is -0.614. The molecule has 19 heavy (non-hydrogen) atoms. The van der Waals surface area contributed by atoms with Gasteiger partial charge < -0.3 is 16.0 Å². The highest BCUT2D eigenvalue weighted by Crippen LogP contribution is 2.02. The summed E-state index contributed by atoms with van der Waals surface area (Å²) in [6, 6.07) is -0.614. The molecule has 1 aromatic rings. The SMILES string of the molecule is CCNC(=O)C(C)NC(=O)c1cncc(NCC)n1. The topological polar surface area (TPSA) is 96.0 Å². The Morgan fingerprint density at radius 3 is 2.63 bits per heavy atom. The quantitative estimate of drug-likeness (QED) is 0.681. The van der Waals surface area contributed by atoms with Crippen molar-refractivity contribution in [2.45, 2.75) is 26.8 Å². The van der Waals surface area contributed by atoms with E-state index in [1.807, 2.05) is 13.8 Å². The second-order valence-corrected chi connectivity index (χ2v) is 3.91. The van der Waals surface area contributed by atoms with Crippen LogP contribution in [0.5, 0.6) is 0 Å². The van der Waals surface area contributed by atoms with Crippen molar-refractivity contribution in [3.05, 3.63) is 18.1 Å². The van der Waals surface area contributed by atoms with Gasteiger partial charge in [0.1, 0.15) is 17.6 Å². The second-order valence-electron chi connectivity index (χ2n) is 3.91. The van der Waals surface area contributed by atoms with E-state index in [9.17, 15) is 9.59 Å². The lowest BCUT2D eigenvalue weighted by atomic mass is 10.3. The van der Waals surface area contributed by atoms with Gasteiger partial charge in [0.05, 0.1) is 12.4 Å². The van der Waals surface area contributed by atoms with Crippen LogP contribution in [0.25, 0.3) is 0 Å². The molecule has 1 unspecified atom stereocenters. The summed E-state index contributed by atoms with van der Waals surface area (Å²) in [4.78, 5) is 31.4. The van der Waals surface area contributed by atoms with Crippen molar-refractivity contribution in [1.82, 2.24) is 20.6 Å². The molecule has 1 aromatic heterocycles. The number of rotatable bonds is 6. The number of aromatic nitrogens is 2. The van der Waals surface area contributed by atoms with Crippen LogP contribution < -0.4 is 16.0 Å². The maximum atomic E-state index is 11.9. The number of nitrogens with one attached hydrogen (secondary N) is 3. The van der Waals surface area contributed by atoms with Crippen molar-refractivity contribution in [2.24, 2.45) is 0 Å². The Morgan fingerprint density at radius 2 is 2.00 bits per heavy atom. The van der Waals surface area contributed by atoms with Gasteiger partial charge in [-0.05, 0) is 20.8 Å². The van der Waals surface area contributed by atoms with Gasteiger partial charge >= 0.3 is 0 Å². The molecule has 0 aliphatic carbocycles. The number of likely N-dealkylation sites (N-methyl/N-ethyl adjacent to an activating group) is 1. The van der Waals surface area contributed by atoms with Gasteiger partial charge in [0.25, 0.3) is 5.91 Å². The molecule has 0 aliphatic heterocycles. The van der Waals surface area contributed by atoms with E-state index in [1.165, 1.54) is 12.4 Å². The smallest absolute Gasteiger partial charge is 0.272 e. The van der Waals surface area contributed by atoms with E-state index in [-0.39, 0.29) is 11.6 Å². The molecule has 0 saturated heterocycles. The lowest BCUT2D eigenvalue weighted by molar-refractivity contribution is -0.122. The van der Waals surface area contributed by atoms with Crippen molar-refractivity contribution in [3.8, 4) is 0 Å². The van der Waals surface area contributed by atoms with Crippen molar-refractivity contribution in [3.63, 3.8) is 0 Å². The van der Waals surface area contributed by atoms with Crippen LogP contribution in [0.1, 0.15) is 31.3 Å². The average molecular weight is 265 g/mol. The Balaban J connectivity index is 2.67. The minimum absolute atomic E-state index is 0.176. The van der Waals surface area contributed by atoms with E-state index in [1.54, 1.807) is 6.92 Å². The van der Waals surface area contributed by atoms with E-state index in [0.717, 1.165) is 0 Å². The average Bonchev–Trinajstić information content (AvgIpc) is 2.39. The number of hydrogen-bond donors (Lipinski definition) is 3. The van der Waals surface area contributed by atoms with Gasteiger partial charge in [0.15, 0.2) is 0 Å². The van der Waals surface area contributed by atoms with E-state index in [0.29, 0.717) is 18.9 Å². The molecule has 0 radical (unpaired) electrons. The molecule has 104 valence electrons. The van der Waals surface area contributed by atoms with Crippen LogP contribution in [0.15, 0.2) is 12.4 Å². The zero-order chi connectivity index (χ0) is 14.3. The van der Waals surface area contributed by atoms with E-state index in [2.05, 4.69) is 25.9 Å². The molecule has 1 heterocycles. The first kappa shape index (κ1) is 14.9. The summed E-state index contributed by atoms with van der Waals surface area (Å²) in [5, 5.41) is 8.17. The first-order valence-corrected chi connectivity index (χ1v) is 6.23. The molecule has 0 aromatic carbocycles. The minimum Gasteiger partial charge on any atom is -0.369 e. The normalized spacial score (nSPS) is 11.5. The van der Waals surface area contributed by atoms with Gasteiger partial charge in [-0.15, -0.1) is 0 Å². The van der Waals surface area contributed by atoms with Crippen LogP contribution in [-0.2, 0) is 4.79 Å². The largest absolute Gasteiger partial charge is 0.369 e. The summed E-state index contributed by atoms with van der Waals surface area (Å²) >= 11 is 0. The molecule has 0 saturated carbocycles. The second kappa shape index (κ2) is 7.30. The summed E-state index contributed by atoms with van der Waals surface area (Å²) in [7, 11) is 0. The van der Waals surface area contributed by atoms with Gasteiger partial charge in [-0.3, -0.25) is 14.6 Å². The van der Waals surface area contributed by atoms with Crippen molar-refractivity contribution in [2.75, 3.05) is 18.4 Å². The van der Waals surface area contributed by atoms with Gasteiger partial charge in [0, 0.05) is 13.1 Å². The summed E-state index contributed by atoms with van der Waals surface area (Å²) in [6.45, 7) is 6.57. The van der Waals surface area contributed by atoms with Crippen molar-refractivity contribution >= 4 is 17.6 Å². The Labute approximate surface area is 112 Å². The zero-order valence-electron chi connectivity index (χ0n) is 11.4. The molecule has 0 fully saturated rings. The number of nitrogens with zero attached hydrogens (tertiary/aromatic N) is 2. The lowest BCUT2D eigenvalue weighted by Crippen LogP contribution is -2.44. The Hall–Kier alpha value is -2.18. The zero-order valence-corrected chi connectivity index (χ0v) is 11.4. The molecular formula is C12H19N5O2. The first-order chi connectivity index (χ1) is 9.08. The van der Waals surface area contributed by atoms with E-state index >= 15 is 0 Å². The summed E-state index contributed by atoms with van der Waals surface area (Å²) in [6.07, 6.45) is 2.90. The highest BCUT2D eigenvalue weighted by atomic mass is 16.2. The van der Waals surface area contributed by atoms with E-state index in [4.69, 9.17) is 0 Å².